The molecule has 6 nitrogen and oxygen atoms in total. The Morgan fingerprint density at radius 2 is 0.583 bits per heavy atom. The van der Waals surface area contributed by atoms with Crippen LogP contribution < -0.4 is 0 Å². The Hall–Kier alpha value is -1.59. The van der Waals surface area contributed by atoms with Gasteiger partial charge in [-0.05, 0) is 37.0 Å². The Morgan fingerprint density at radius 3 is 0.867 bits per heavy atom. The molecule has 0 bridgehead atoms. The second-order valence-corrected chi connectivity index (χ2v) is 19.7. The normalized spacial score (nSPS) is 12.6. The van der Waals surface area contributed by atoms with Gasteiger partial charge in [-0.1, -0.05) is 253 Å². The van der Waals surface area contributed by atoms with Crippen LogP contribution in [-0.4, -0.2) is 37.2 Å². The first-order chi connectivity index (χ1) is 29.1. The zero-order valence-electron chi connectivity index (χ0n) is 41.3. The maximum Gasteiger partial charge on any atom is 0.306 e. The van der Waals surface area contributed by atoms with Crippen molar-refractivity contribution in [2.75, 3.05) is 13.2 Å². The van der Waals surface area contributed by atoms with Crippen LogP contribution in [0.15, 0.2) is 0 Å². The van der Waals surface area contributed by atoms with Gasteiger partial charge in [-0.3, -0.25) is 14.4 Å². The van der Waals surface area contributed by atoms with Gasteiger partial charge in [0.05, 0.1) is 0 Å². The van der Waals surface area contributed by atoms with Gasteiger partial charge < -0.3 is 14.2 Å². The van der Waals surface area contributed by atoms with Gasteiger partial charge in [0.1, 0.15) is 13.2 Å². The quantitative estimate of drug-likeness (QED) is 0.0345. The van der Waals surface area contributed by atoms with Gasteiger partial charge in [-0.25, -0.2) is 0 Å². The standard InChI is InChI=1S/C54H104O6/c1-7-50(6)42-36-30-23-19-15-10-8-9-11-16-20-24-31-37-43-52(55)58-46-51(60-54(57)45-39-33-27-26-29-35-41-49(4)5)47-59-53(56)44-38-32-25-21-17-13-12-14-18-22-28-34-40-48(2)3/h48-51H,7-47H2,1-6H3/t50?,51-/m1/s1. The summed E-state index contributed by atoms with van der Waals surface area (Å²) >= 11 is 0. The average molecular weight is 849 g/mol. The number of unbranched alkanes of at least 4 members (excludes halogenated alkanes) is 29. The minimum Gasteiger partial charge on any atom is -0.462 e. The molecule has 0 radical (unpaired) electrons. The molecule has 60 heavy (non-hydrogen) atoms. The van der Waals surface area contributed by atoms with Crippen LogP contribution in [0, 0.1) is 17.8 Å². The fourth-order valence-corrected chi connectivity index (χ4v) is 8.08. The highest BCUT2D eigenvalue weighted by Crippen LogP contribution is 2.18. The van der Waals surface area contributed by atoms with E-state index in [0.717, 1.165) is 75.5 Å². The van der Waals surface area contributed by atoms with E-state index < -0.39 is 6.10 Å². The number of rotatable bonds is 47. The van der Waals surface area contributed by atoms with Gasteiger partial charge in [-0.15, -0.1) is 0 Å². The largest absolute Gasteiger partial charge is 0.462 e. The molecular formula is C54H104O6. The van der Waals surface area contributed by atoms with Gasteiger partial charge >= 0.3 is 17.9 Å². The maximum absolute atomic E-state index is 12.7. The summed E-state index contributed by atoms with van der Waals surface area (Å²) in [4.78, 5) is 37.9. The smallest absolute Gasteiger partial charge is 0.306 e. The Bertz CT molecular complexity index is 931. The van der Waals surface area contributed by atoms with Gasteiger partial charge in [0.15, 0.2) is 6.10 Å². The van der Waals surface area contributed by atoms with Crippen LogP contribution in [0.3, 0.4) is 0 Å². The summed E-state index contributed by atoms with van der Waals surface area (Å²) in [7, 11) is 0. The van der Waals surface area contributed by atoms with E-state index in [4.69, 9.17) is 14.2 Å². The molecule has 0 aliphatic rings. The minimum absolute atomic E-state index is 0.0654. The molecule has 1 unspecified atom stereocenters. The van der Waals surface area contributed by atoms with Crippen LogP contribution >= 0.6 is 0 Å². The lowest BCUT2D eigenvalue weighted by molar-refractivity contribution is -0.167. The van der Waals surface area contributed by atoms with Crippen LogP contribution in [0.1, 0.15) is 292 Å². The first-order valence-corrected chi connectivity index (χ1v) is 26.6. The third kappa shape index (κ3) is 45.9. The molecule has 0 saturated heterocycles. The van der Waals surface area contributed by atoms with Crippen LogP contribution in [-0.2, 0) is 28.6 Å². The fraction of sp³-hybridized carbons (Fsp3) is 0.944. The molecule has 0 N–H and O–H groups in total. The van der Waals surface area contributed by atoms with Crippen molar-refractivity contribution < 1.29 is 28.6 Å². The van der Waals surface area contributed by atoms with Gasteiger partial charge in [-0.2, -0.15) is 0 Å². The molecule has 0 spiro atoms. The van der Waals surface area contributed by atoms with Gasteiger partial charge in [0, 0.05) is 19.3 Å². The Kier molecular flexibility index (Phi) is 44.2. The fourth-order valence-electron chi connectivity index (χ4n) is 8.08. The SMILES string of the molecule is CCC(C)CCCCCCCCCCCCCCCCC(=O)OC[C@H](COC(=O)CCCCCCCCCCCCCCC(C)C)OC(=O)CCCCCCCCC(C)C. The molecule has 0 fully saturated rings. The van der Waals surface area contributed by atoms with Crippen molar-refractivity contribution in [3.05, 3.63) is 0 Å². The van der Waals surface area contributed by atoms with Gasteiger partial charge in [0.25, 0.3) is 0 Å². The third-order valence-corrected chi connectivity index (χ3v) is 12.5. The van der Waals surface area contributed by atoms with Crippen molar-refractivity contribution in [3.8, 4) is 0 Å². The molecule has 0 heterocycles. The van der Waals surface area contributed by atoms with Gasteiger partial charge in [0.2, 0.25) is 0 Å². The molecular weight excluding hydrogens is 745 g/mol. The summed E-state index contributed by atoms with van der Waals surface area (Å²) < 4.78 is 16.8. The summed E-state index contributed by atoms with van der Waals surface area (Å²) in [6, 6.07) is 0. The Labute approximate surface area is 374 Å². The number of carbonyl (C=O) groups is 3. The molecule has 0 rings (SSSR count). The number of hydrogen-bond donors (Lipinski definition) is 0. The van der Waals surface area contributed by atoms with E-state index in [-0.39, 0.29) is 31.1 Å². The van der Waals surface area contributed by atoms with E-state index in [1.54, 1.807) is 0 Å². The third-order valence-electron chi connectivity index (χ3n) is 12.5. The topological polar surface area (TPSA) is 78.9 Å². The number of esters is 3. The molecule has 0 aliphatic carbocycles. The van der Waals surface area contributed by atoms with E-state index in [9.17, 15) is 14.4 Å². The molecule has 0 aromatic carbocycles. The highest BCUT2D eigenvalue weighted by Gasteiger charge is 2.19. The molecule has 0 saturated carbocycles. The molecule has 0 aliphatic heterocycles. The number of ether oxygens (including phenoxy) is 3. The van der Waals surface area contributed by atoms with Crippen LogP contribution in [0.5, 0.6) is 0 Å². The second kappa shape index (κ2) is 45.4. The maximum atomic E-state index is 12.7. The summed E-state index contributed by atoms with van der Waals surface area (Å²) in [6.45, 7) is 13.7. The zero-order valence-corrected chi connectivity index (χ0v) is 41.3. The molecule has 0 amide bonds. The number of carbonyl (C=O) groups excluding carboxylic acids is 3. The Morgan fingerprint density at radius 1 is 0.333 bits per heavy atom. The van der Waals surface area contributed by atoms with E-state index in [2.05, 4.69) is 41.5 Å². The predicted molar refractivity (Wildman–Crippen MR) is 256 cm³/mol. The predicted octanol–water partition coefficient (Wildman–Crippen LogP) is 17.2. The molecule has 2 atom stereocenters. The van der Waals surface area contributed by atoms with Crippen molar-refractivity contribution in [3.63, 3.8) is 0 Å². The molecule has 356 valence electrons. The summed E-state index contributed by atoms with van der Waals surface area (Å²) in [6.07, 6.45) is 45.3. The van der Waals surface area contributed by atoms with E-state index >= 15 is 0 Å². The lowest BCUT2D eigenvalue weighted by Gasteiger charge is -2.18. The van der Waals surface area contributed by atoms with Crippen molar-refractivity contribution >= 4 is 17.9 Å². The van der Waals surface area contributed by atoms with Crippen LogP contribution in [0.25, 0.3) is 0 Å². The van der Waals surface area contributed by atoms with E-state index in [1.807, 2.05) is 0 Å². The van der Waals surface area contributed by atoms with Crippen molar-refractivity contribution in [1.29, 1.82) is 0 Å². The van der Waals surface area contributed by atoms with Crippen molar-refractivity contribution in [1.82, 2.24) is 0 Å². The van der Waals surface area contributed by atoms with Crippen molar-refractivity contribution in [2.24, 2.45) is 17.8 Å². The minimum atomic E-state index is -0.763. The second-order valence-electron chi connectivity index (χ2n) is 19.7. The first-order valence-electron chi connectivity index (χ1n) is 26.6. The molecule has 6 heteroatoms. The molecule has 0 aromatic heterocycles. The highest BCUT2D eigenvalue weighted by molar-refractivity contribution is 5.71. The summed E-state index contributed by atoms with van der Waals surface area (Å²) in [5.41, 5.74) is 0. The zero-order chi connectivity index (χ0) is 44.2. The summed E-state index contributed by atoms with van der Waals surface area (Å²) in [5.74, 6) is 1.63. The van der Waals surface area contributed by atoms with E-state index in [0.29, 0.717) is 19.3 Å². The summed E-state index contributed by atoms with van der Waals surface area (Å²) in [5, 5.41) is 0. The molecule has 0 aromatic rings. The monoisotopic (exact) mass is 849 g/mol. The van der Waals surface area contributed by atoms with Crippen LogP contribution in [0.2, 0.25) is 0 Å². The van der Waals surface area contributed by atoms with Crippen molar-refractivity contribution in [2.45, 2.75) is 298 Å². The number of hydrogen-bond acceptors (Lipinski definition) is 6. The van der Waals surface area contributed by atoms with Crippen LogP contribution in [0.4, 0.5) is 0 Å². The first kappa shape index (κ1) is 58.4. The lowest BCUT2D eigenvalue weighted by Crippen LogP contribution is -2.30. The highest BCUT2D eigenvalue weighted by atomic mass is 16.6. The lowest BCUT2D eigenvalue weighted by atomic mass is 9.99. The Balaban J connectivity index is 4.23. The average Bonchev–Trinajstić information content (AvgIpc) is 3.22. The van der Waals surface area contributed by atoms with E-state index in [1.165, 1.54) is 173 Å².